The SMILES string of the molecule is C=CCNC(=O)C(C#N)=Cc1cn(-c2ccccc2)nc1-c1cccc(S(=O)(=O)N(CC)CC)c1. The molecule has 8 nitrogen and oxygen atoms in total. The molecule has 35 heavy (non-hydrogen) atoms. The molecule has 1 N–H and O–H groups in total. The van der Waals surface area contributed by atoms with Crippen LogP contribution in [0.4, 0.5) is 0 Å². The summed E-state index contributed by atoms with van der Waals surface area (Å²) in [5.74, 6) is -0.538. The lowest BCUT2D eigenvalue weighted by Crippen LogP contribution is -2.30. The highest BCUT2D eigenvalue weighted by Gasteiger charge is 2.23. The zero-order chi connectivity index (χ0) is 25.4. The van der Waals surface area contributed by atoms with Crippen LogP contribution in [0.1, 0.15) is 19.4 Å². The van der Waals surface area contributed by atoms with Crippen molar-refractivity contribution in [3.8, 4) is 23.0 Å². The van der Waals surface area contributed by atoms with Crippen molar-refractivity contribution >= 4 is 22.0 Å². The molecule has 0 radical (unpaired) electrons. The molecule has 0 saturated heterocycles. The fraction of sp³-hybridized carbons (Fsp3) is 0.192. The van der Waals surface area contributed by atoms with E-state index in [1.54, 1.807) is 49.0 Å². The number of benzene rings is 2. The van der Waals surface area contributed by atoms with E-state index in [0.717, 1.165) is 5.69 Å². The van der Waals surface area contributed by atoms with Gasteiger partial charge in [-0.1, -0.05) is 50.3 Å². The van der Waals surface area contributed by atoms with Gasteiger partial charge in [0.05, 0.1) is 10.6 Å². The molecule has 180 valence electrons. The Bertz CT molecular complexity index is 1380. The number of carbonyl (C=O) groups is 1. The number of rotatable bonds is 10. The van der Waals surface area contributed by atoms with E-state index in [2.05, 4.69) is 17.0 Å². The number of hydrogen-bond acceptors (Lipinski definition) is 5. The van der Waals surface area contributed by atoms with Gasteiger partial charge in [-0.05, 0) is 30.3 Å². The highest BCUT2D eigenvalue weighted by atomic mass is 32.2. The quantitative estimate of drug-likeness (QED) is 0.265. The first-order valence-corrected chi connectivity index (χ1v) is 12.6. The van der Waals surface area contributed by atoms with Crippen molar-refractivity contribution < 1.29 is 13.2 Å². The van der Waals surface area contributed by atoms with Crippen LogP contribution < -0.4 is 5.32 Å². The monoisotopic (exact) mass is 489 g/mol. The molecule has 2 aromatic carbocycles. The number of amides is 1. The lowest BCUT2D eigenvalue weighted by Gasteiger charge is -2.18. The largest absolute Gasteiger partial charge is 0.348 e. The first-order chi connectivity index (χ1) is 16.8. The third-order valence-corrected chi connectivity index (χ3v) is 7.33. The number of hydrogen-bond donors (Lipinski definition) is 1. The van der Waals surface area contributed by atoms with E-state index in [9.17, 15) is 18.5 Å². The van der Waals surface area contributed by atoms with E-state index in [-0.39, 0.29) is 17.0 Å². The van der Waals surface area contributed by atoms with Gasteiger partial charge >= 0.3 is 0 Å². The second-order valence-corrected chi connectivity index (χ2v) is 9.44. The first kappa shape index (κ1) is 25.6. The van der Waals surface area contributed by atoms with Crippen LogP contribution in [0.15, 0.2) is 83.9 Å². The Morgan fingerprint density at radius 2 is 1.89 bits per heavy atom. The van der Waals surface area contributed by atoms with Gasteiger partial charge in [-0.2, -0.15) is 14.7 Å². The van der Waals surface area contributed by atoms with Gasteiger partial charge in [-0.15, -0.1) is 6.58 Å². The zero-order valence-electron chi connectivity index (χ0n) is 19.7. The van der Waals surface area contributed by atoms with Gasteiger partial charge < -0.3 is 5.32 Å². The summed E-state index contributed by atoms with van der Waals surface area (Å²) in [6, 6.07) is 17.8. The van der Waals surface area contributed by atoms with Crippen LogP contribution in [0, 0.1) is 11.3 Å². The van der Waals surface area contributed by atoms with E-state index in [1.165, 1.54) is 16.5 Å². The van der Waals surface area contributed by atoms with Crippen molar-refractivity contribution in [2.75, 3.05) is 19.6 Å². The Hall–Kier alpha value is -4.00. The normalized spacial score (nSPS) is 11.8. The van der Waals surface area contributed by atoms with Crippen LogP contribution in [-0.4, -0.2) is 48.0 Å². The van der Waals surface area contributed by atoms with E-state index < -0.39 is 15.9 Å². The fourth-order valence-corrected chi connectivity index (χ4v) is 5.02. The van der Waals surface area contributed by atoms with E-state index in [1.807, 2.05) is 36.4 Å². The summed E-state index contributed by atoms with van der Waals surface area (Å²) in [6.07, 6.45) is 4.67. The lowest BCUT2D eigenvalue weighted by molar-refractivity contribution is -0.116. The minimum atomic E-state index is -3.68. The fourth-order valence-electron chi connectivity index (χ4n) is 3.51. The number of nitriles is 1. The molecular weight excluding hydrogens is 462 g/mol. The number of nitrogens with zero attached hydrogens (tertiary/aromatic N) is 4. The number of aromatic nitrogens is 2. The van der Waals surface area contributed by atoms with E-state index >= 15 is 0 Å². The molecule has 0 fully saturated rings. The molecule has 0 atom stereocenters. The second-order valence-electron chi connectivity index (χ2n) is 7.50. The van der Waals surface area contributed by atoms with Crippen molar-refractivity contribution in [1.82, 2.24) is 19.4 Å². The molecule has 0 saturated carbocycles. The number of nitrogens with one attached hydrogen (secondary N) is 1. The van der Waals surface area contributed by atoms with Gasteiger partial charge in [0, 0.05) is 37.0 Å². The number of sulfonamides is 1. The Balaban J connectivity index is 2.17. The summed E-state index contributed by atoms with van der Waals surface area (Å²) in [4.78, 5) is 12.6. The molecule has 0 aliphatic rings. The highest BCUT2D eigenvalue weighted by molar-refractivity contribution is 7.89. The summed E-state index contributed by atoms with van der Waals surface area (Å²) < 4.78 is 29.2. The Morgan fingerprint density at radius 3 is 2.51 bits per heavy atom. The second kappa shape index (κ2) is 11.4. The average molecular weight is 490 g/mol. The Morgan fingerprint density at radius 1 is 1.17 bits per heavy atom. The van der Waals surface area contributed by atoms with Crippen molar-refractivity contribution in [3.63, 3.8) is 0 Å². The van der Waals surface area contributed by atoms with Gasteiger partial charge in [-0.3, -0.25) is 4.79 Å². The molecule has 0 unspecified atom stereocenters. The smallest absolute Gasteiger partial charge is 0.262 e. The molecule has 0 aliphatic carbocycles. The van der Waals surface area contributed by atoms with Crippen LogP contribution in [0.2, 0.25) is 0 Å². The summed E-state index contributed by atoms with van der Waals surface area (Å²) in [7, 11) is -3.68. The molecule has 3 aromatic rings. The molecule has 1 heterocycles. The van der Waals surface area contributed by atoms with E-state index in [4.69, 9.17) is 0 Å². The number of para-hydroxylation sites is 1. The van der Waals surface area contributed by atoms with Gasteiger partial charge in [-0.25, -0.2) is 13.1 Å². The van der Waals surface area contributed by atoms with Crippen LogP contribution in [0.25, 0.3) is 23.0 Å². The standard InChI is InChI=1S/C26H27N5O3S/c1-4-15-28-26(32)21(18-27)16-22-19-31(23-12-8-7-9-13-23)29-25(22)20-11-10-14-24(17-20)35(33,34)30(5-2)6-3/h4,7-14,16-17,19H,1,5-6,15H2,2-3H3,(H,28,32). The summed E-state index contributed by atoms with van der Waals surface area (Å²) in [6.45, 7) is 8.06. The zero-order valence-corrected chi connectivity index (χ0v) is 20.5. The van der Waals surface area contributed by atoms with Crippen LogP contribution >= 0.6 is 0 Å². The van der Waals surface area contributed by atoms with Crippen molar-refractivity contribution in [1.29, 1.82) is 5.26 Å². The molecule has 0 bridgehead atoms. The predicted molar refractivity (Wildman–Crippen MR) is 136 cm³/mol. The van der Waals surface area contributed by atoms with Crippen LogP contribution in [0.5, 0.6) is 0 Å². The molecule has 9 heteroatoms. The van der Waals surface area contributed by atoms with Gasteiger partial charge in [0.15, 0.2) is 0 Å². The van der Waals surface area contributed by atoms with Crippen LogP contribution in [0.3, 0.4) is 0 Å². The molecule has 0 spiro atoms. The van der Waals surface area contributed by atoms with Gasteiger partial charge in [0.25, 0.3) is 5.91 Å². The maximum absolute atomic E-state index is 13.1. The molecule has 1 amide bonds. The minimum Gasteiger partial charge on any atom is -0.348 e. The number of carbonyl (C=O) groups excluding carboxylic acids is 1. The molecular formula is C26H27N5O3S. The molecule has 3 rings (SSSR count). The van der Waals surface area contributed by atoms with Gasteiger partial charge in [0.1, 0.15) is 17.3 Å². The summed E-state index contributed by atoms with van der Waals surface area (Å²) >= 11 is 0. The first-order valence-electron chi connectivity index (χ1n) is 11.1. The molecule has 0 aliphatic heterocycles. The minimum absolute atomic E-state index is 0.104. The maximum Gasteiger partial charge on any atom is 0.262 e. The molecule has 1 aromatic heterocycles. The Kier molecular flexibility index (Phi) is 8.36. The lowest BCUT2D eigenvalue weighted by atomic mass is 10.1. The van der Waals surface area contributed by atoms with Gasteiger partial charge in [0.2, 0.25) is 10.0 Å². The van der Waals surface area contributed by atoms with E-state index in [0.29, 0.717) is 29.9 Å². The topological polar surface area (TPSA) is 108 Å². The summed E-state index contributed by atoms with van der Waals surface area (Å²) in [5.41, 5.74) is 2.15. The average Bonchev–Trinajstić information content (AvgIpc) is 3.31. The van der Waals surface area contributed by atoms with Crippen LogP contribution in [-0.2, 0) is 14.8 Å². The maximum atomic E-state index is 13.1. The summed E-state index contributed by atoms with van der Waals surface area (Å²) in [5, 5.41) is 16.9. The van der Waals surface area contributed by atoms with Crippen molar-refractivity contribution in [3.05, 3.63) is 84.6 Å². The highest BCUT2D eigenvalue weighted by Crippen LogP contribution is 2.28. The van der Waals surface area contributed by atoms with Crippen molar-refractivity contribution in [2.45, 2.75) is 18.7 Å². The predicted octanol–water partition coefficient (Wildman–Crippen LogP) is 3.78. The van der Waals surface area contributed by atoms with Crippen molar-refractivity contribution in [2.24, 2.45) is 0 Å². The Labute approximate surface area is 205 Å². The third kappa shape index (κ3) is 5.74. The third-order valence-electron chi connectivity index (χ3n) is 5.29.